The molecule has 0 amide bonds. The zero-order chi connectivity index (χ0) is 9.80. The van der Waals surface area contributed by atoms with E-state index in [0.29, 0.717) is 5.92 Å². The summed E-state index contributed by atoms with van der Waals surface area (Å²) < 4.78 is 0. The Kier molecular flexibility index (Phi) is 2.64. The highest BCUT2D eigenvalue weighted by Gasteiger charge is 2.09. The maximum absolute atomic E-state index is 2.24. The lowest BCUT2D eigenvalue weighted by molar-refractivity contribution is 0.993. The molecule has 1 unspecified atom stereocenters. The number of rotatable bonds is 1. The average Bonchev–Trinajstić information content (AvgIpc) is 2.44. The van der Waals surface area contributed by atoms with Crippen molar-refractivity contribution in [1.82, 2.24) is 0 Å². The molecule has 0 spiro atoms. The summed E-state index contributed by atoms with van der Waals surface area (Å²) in [6.45, 7) is 2.18. The zero-order valence-corrected chi connectivity index (χ0v) is 8.35. The molecule has 0 aliphatic heterocycles. The van der Waals surface area contributed by atoms with Crippen LogP contribution < -0.4 is 0 Å². The van der Waals surface area contributed by atoms with Crippen LogP contribution in [0.3, 0.4) is 0 Å². The second kappa shape index (κ2) is 4.10. The van der Waals surface area contributed by atoms with Crippen molar-refractivity contribution in [3.63, 3.8) is 0 Å². The Morgan fingerprint density at radius 3 is 2.50 bits per heavy atom. The first kappa shape index (κ1) is 9.01. The van der Waals surface area contributed by atoms with Gasteiger partial charge in [0.05, 0.1) is 0 Å². The molecule has 0 fully saturated rings. The predicted molar refractivity (Wildman–Crippen MR) is 61.2 cm³/mol. The fourth-order valence-electron chi connectivity index (χ4n) is 1.74. The summed E-state index contributed by atoms with van der Waals surface area (Å²) in [5.41, 5.74) is 2.75. The summed E-state index contributed by atoms with van der Waals surface area (Å²) in [6, 6.07) is 10.6. The fourth-order valence-corrected chi connectivity index (χ4v) is 1.74. The summed E-state index contributed by atoms with van der Waals surface area (Å²) in [5, 5.41) is 0. The van der Waals surface area contributed by atoms with Crippen LogP contribution in [0.5, 0.6) is 0 Å². The Hall–Kier alpha value is -1.56. The molecule has 0 heteroatoms. The lowest BCUT2D eigenvalue weighted by atomic mass is 9.92. The smallest absolute Gasteiger partial charge is 0.0231 e. The van der Waals surface area contributed by atoms with E-state index in [0.717, 1.165) is 0 Å². The highest BCUT2D eigenvalue weighted by atomic mass is 14.1. The standard InChI is InChI=1S/C14H14/c1-12-8-4-2-7-11-14(12)13-9-5-3-6-10-13/h2-11,14H,1H3. The third-order valence-electron chi connectivity index (χ3n) is 2.53. The van der Waals surface area contributed by atoms with E-state index in [4.69, 9.17) is 0 Å². The third-order valence-corrected chi connectivity index (χ3v) is 2.53. The molecule has 0 bridgehead atoms. The van der Waals surface area contributed by atoms with E-state index >= 15 is 0 Å². The molecule has 0 N–H and O–H groups in total. The summed E-state index contributed by atoms with van der Waals surface area (Å²) in [5.74, 6) is 0.436. The van der Waals surface area contributed by atoms with Crippen LogP contribution in [0.4, 0.5) is 0 Å². The average molecular weight is 182 g/mol. The molecule has 1 aromatic rings. The van der Waals surface area contributed by atoms with Crippen molar-refractivity contribution >= 4 is 0 Å². The second-order valence-electron chi connectivity index (χ2n) is 3.57. The second-order valence-corrected chi connectivity index (χ2v) is 3.57. The van der Waals surface area contributed by atoms with Crippen LogP contribution in [-0.2, 0) is 0 Å². The van der Waals surface area contributed by atoms with Crippen LogP contribution >= 0.6 is 0 Å². The SMILES string of the molecule is CC1=CC=CC=CC1c1ccccc1. The van der Waals surface area contributed by atoms with E-state index < -0.39 is 0 Å². The number of hydrogen-bond acceptors (Lipinski definition) is 0. The minimum absolute atomic E-state index is 0.436. The minimum Gasteiger partial charge on any atom is -0.0730 e. The molecule has 2 rings (SSSR count). The lowest BCUT2D eigenvalue weighted by Gasteiger charge is -2.12. The molecule has 0 heterocycles. The molecule has 14 heavy (non-hydrogen) atoms. The predicted octanol–water partition coefficient (Wildman–Crippen LogP) is 3.84. The monoisotopic (exact) mass is 182 g/mol. The van der Waals surface area contributed by atoms with E-state index in [9.17, 15) is 0 Å². The van der Waals surface area contributed by atoms with Gasteiger partial charge in [0.15, 0.2) is 0 Å². The molecule has 1 atom stereocenters. The molecule has 70 valence electrons. The van der Waals surface area contributed by atoms with Crippen molar-refractivity contribution in [2.75, 3.05) is 0 Å². The van der Waals surface area contributed by atoms with Gasteiger partial charge >= 0.3 is 0 Å². The van der Waals surface area contributed by atoms with Gasteiger partial charge in [-0.2, -0.15) is 0 Å². The van der Waals surface area contributed by atoms with Crippen LogP contribution in [0, 0.1) is 0 Å². The topological polar surface area (TPSA) is 0 Å². The van der Waals surface area contributed by atoms with Crippen LogP contribution in [0.25, 0.3) is 0 Å². The van der Waals surface area contributed by atoms with Gasteiger partial charge < -0.3 is 0 Å². The Morgan fingerprint density at radius 2 is 1.71 bits per heavy atom. The maximum Gasteiger partial charge on any atom is 0.0231 e. The van der Waals surface area contributed by atoms with Crippen molar-refractivity contribution in [2.45, 2.75) is 12.8 Å². The quantitative estimate of drug-likeness (QED) is 0.619. The van der Waals surface area contributed by atoms with E-state index in [-0.39, 0.29) is 0 Å². The van der Waals surface area contributed by atoms with E-state index in [1.165, 1.54) is 11.1 Å². The van der Waals surface area contributed by atoms with Gasteiger partial charge in [0.2, 0.25) is 0 Å². The van der Waals surface area contributed by atoms with E-state index in [2.05, 4.69) is 67.6 Å². The molecule has 1 aromatic carbocycles. The van der Waals surface area contributed by atoms with Crippen LogP contribution in [-0.4, -0.2) is 0 Å². The van der Waals surface area contributed by atoms with Gasteiger partial charge in [0, 0.05) is 5.92 Å². The Bertz CT molecular complexity index is 380. The highest BCUT2D eigenvalue weighted by Crippen LogP contribution is 2.26. The van der Waals surface area contributed by atoms with Gasteiger partial charge in [-0.05, 0) is 12.5 Å². The molecule has 1 aliphatic carbocycles. The van der Waals surface area contributed by atoms with Gasteiger partial charge in [0.25, 0.3) is 0 Å². The summed E-state index contributed by atoms with van der Waals surface area (Å²) >= 11 is 0. The Balaban J connectivity index is 2.35. The lowest BCUT2D eigenvalue weighted by Crippen LogP contribution is -1.95. The van der Waals surface area contributed by atoms with Crippen LogP contribution in [0.2, 0.25) is 0 Å². The van der Waals surface area contributed by atoms with Crippen molar-refractivity contribution in [3.8, 4) is 0 Å². The van der Waals surface area contributed by atoms with Crippen molar-refractivity contribution in [2.24, 2.45) is 0 Å². The summed E-state index contributed by atoms with van der Waals surface area (Å²) in [7, 11) is 0. The van der Waals surface area contributed by atoms with Crippen LogP contribution in [0.1, 0.15) is 18.4 Å². The first-order valence-corrected chi connectivity index (χ1v) is 4.94. The van der Waals surface area contributed by atoms with E-state index in [1.54, 1.807) is 0 Å². The first-order chi connectivity index (χ1) is 6.88. The number of hydrogen-bond donors (Lipinski definition) is 0. The molecule has 1 aliphatic rings. The molecule has 0 saturated heterocycles. The Labute approximate surface area is 85.3 Å². The number of allylic oxidation sites excluding steroid dienone is 6. The van der Waals surface area contributed by atoms with Crippen LogP contribution in [0.15, 0.2) is 66.3 Å². The molecular formula is C14H14. The van der Waals surface area contributed by atoms with Gasteiger partial charge in [-0.1, -0.05) is 66.3 Å². The molecular weight excluding hydrogens is 168 g/mol. The first-order valence-electron chi connectivity index (χ1n) is 4.94. The van der Waals surface area contributed by atoms with Crippen molar-refractivity contribution in [3.05, 3.63) is 71.8 Å². The largest absolute Gasteiger partial charge is 0.0730 e. The van der Waals surface area contributed by atoms with Crippen molar-refractivity contribution < 1.29 is 0 Å². The van der Waals surface area contributed by atoms with Gasteiger partial charge in [0.1, 0.15) is 0 Å². The number of benzene rings is 1. The van der Waals surface area contributed by atoms with Gasteiger partial charge in [-0.3, -0.25) is 0 Å². The van der Waals surface area contributed by atoms with E-state index in [1.807, 2.05) is 0 Å². The van der Waals surface area contributed by atoms with Gasteiger partial charge in [-0.15, -0.1) is 0 Å². The Morgan fingerprint density at radius 1 is 0.929 bits per heavy atom. The molecule has 0 radical (unpaired) electrons. The van der Waals surface area contributed by atoms with Crippen molar-refractivity contribution in [1.29, 1.82) is 0 Å². The summed E-state index contributed by atoms with van der Waals surface area (Å²) in [4.78, 5) is 0. The van der Waals surface area contributed by atoms with Gasteiger partial charge in [-0.25, -0.2) is 0 Å². The summed E-state index contributed by atoms with van der Waals surface area (Å²) in [6.07, 6.45) is 10.7. The minimum atomic E-state index is 0.436. The third kappa shape index (κ3) is 1.85. The molecule has 0 nitrogen and oxygen atoms in total. The molecule has 0 aromatic heterocycles. The maximum atomic E-state index is 2.24. The normalized spacial score (nSPS) is 20.4. The zero-order valence-electron chi connectivity index (χ0n) is 8.35. The highest BCUT2D eigenvalue weighted by molar-refractivity contribution is 5.37. The molecule has 0 saturated carbocycles. The fraction of sp³-hybridized carbons (Fsp3) is 0.143.